The fourth-order valence-corrected chi connectivity index (χ4v) is 2.38. The number of rotatable bonds is 5. The fraction of sp³-hybridized carbons (Fsp3) is 0.467. The highest BCUT2D eigenvalue weighted by atomic mass is 16.3. The Morgan fingerprint density at radius 2 is 2.24 bits per heavy atom. The van der Waals surface area contributed by atoms with Gasteiger partial charge in [-0.1, -0.05) is 18.2 Å². The zero-order chi connectivity index (χ0) is 15.1. The van der Waals surface area contributed by atoms with Crippen LogP contribution in [0.2, 0.25) is 0 Å². The van der Waals surface area contributed by atoms with Gasteiger partial charge in [-0.05, 0) is 18.6 Å². The van der Waals surface area contributed by atoms with E-state index in [4.69, 9.17) is 5.11 Å². The van der Waals surface area contributed by atoms with Crippen LogP contribution < -0.4 is 16.0 Å². The standard InChI is InChI=1S/C15H22N4O2/c1-2-16-15(17-7-8-20)18-10-11-9-14(21)19-13-6-4-3-5-12(11)13/h3-6,11,20H,2,7-10H2,1H3,(H,19,21)(H2,16,17,18). The third-order valence-electron chi connectivity index (χ3n) is 3.32. The lowest BCUT2D eigenvalue weighted by Crippen LogP contribution is -2.39. The van der Waals surface area contributed by atoms with Crippen molar-refractivity contribution < 1.29 is 9.90 Å². The first-order valence-electron chi connectivity index (χ1n) is 7.26. The summed E-state index contributed by atoms with van der Waals surface area (Å²) in [7, 11) is 0. The first-order chi connectivity index (χ1) is 10.2. The van der Waals surface area contributed by atoms with Crippen LogP contribution in [0.4, 0.5) is 5.69 Å². The maximum Gasteiger partial charge on any atom is 0.225 e. The van der Waals surface area contributed by atoms with Crippen LogP contribution in [-0.4, -0.2) is 43.2 Å². The van der Waals surface area contributed by atoms with Gasteiger partial charge in [0.1, 0.15) is 0 Å². The summed E-state index contributed by atoms with van der Waals surface area (Å²) in [5.74, 6) is 0.775. The number of carbonyl (C=O) groups excluding carboxylic acids is 1. The number of amides is 1. The van der Waals surface area contributed by atoms with Crippen LogP contribution in [0.1, 0.15) is 24.8 Å². The molecule has 1 amide bonds. The molecule has 1 aliphatic heterocycles. The van der Waals surface area contributed by atoms with Crippen molar-refractivity contribution in [1.29, 1.82) is 0 Å². The molecular weight excluding hydrogens is 268 g/mol. The molecule has 21 heavy (non-hydrogen) atoms. The molecule has 0 spiro atoms. The molecule has 6 nitrogen and oxygen atoms in total. The molecule has 0 aliphatic carbocycles. The van der Waals surface area contributed by atoms with Gasteiger partial charge in [-0.3, -0.25) is 9.79 Å². The number of para-hydroxylation sites is 1. The Morgan fingerprint density at radius 1 is 1.43 bits per heavy atom. The second-order valence-corrected chi connectivity index (χ2v) is 4.91. The molecule has 2 rings (SSSR count). The molecule has 1 heterocycles. The van der Waals surface area contributed by atoms with Crippen molar-refractivity contribution in [3.63, 3.8) is 0 Å². The average Bonchev–Trinajstić information content (AvgIpc) is 2.49. The van der Waals surface area contributed by atoms with Crippen molar-refractivity contribution >= 4 is 17.6 Å². The van der Waals surface area contributed by atoms with E-state index in [1.165, 1.54) is 0 Å². The molecule has 1 atom stereocenters. The molecule has 1 aliphatic rings. The minimum atomic E-state index is 0.0298. The van der Waals surface area contributed by atoms with Crippen LogP contribution in [0.3, 0.4) is 0 Å². The third-order valence-corrected chi connectivity index (χ3v) is 3.32. The first kappa shape index (κ1) is 15.3. The van der Waals surface area contributed by atoms with Gasteiger partial charge in [0.05, 0.1) is 13.2 Å². The minimum absolute atomic E-state index is 0.0298. The third kappa shape index (κ3) is 4.19. The molecule has 0 radical (unpaired) electrons. The van der Waals surface area contributed by atoms with Crippen LogP contribution in [0.25, 0.3) is 0 Å². The molecule has 1 unspecified atom stereocenters. The highest BCUT2D eigenvalue weighted by molar-refractivity contribution is 5.94. The number of hydrogen-bond acceptors (Lipinski definition) is 3. The van der Waals surface area contributed by atoms with E-state index >= 15 is 0 Å². The first-order valence-corrected chi connectivity index (χ1v) is 7.26. The molecule has 4 N–H and O–H groups in total. The molecule has 0 fully saturated rings. The number of aliphatic hydroxyl groups excluding tert-OH is 1. The van der Waals surface area contributed by atoms with E-state index in [0.29, 0.717) is 25.5 Å². The summed E-state index contributed by atoms with van der Waals surface area (Å²) in [5.41, 5.74) is 2.00. The second-order valence-electron chi connectivity index (χ2n) is 4.91. The van der Waals surface area contributed by atoms with Crippen molar-refractivity contribution in [2.45, 2.75) is 19.3 Å². The smallest absolute Gasteiger partial charge is 0.225 e. The number of guanidine groups is 1. The van der Waals surface area contributed by atoms with E-state index in [2.05, 4.69) is 20.9 Å². The summed E-state index contributed by atoms with van der Waals surface area (Å²) >= 11 is 0. The highest BCUT2D eigenvalue weighted by Crippen LogP contribution is 2.31. The molecule has 1 aromatic carbocycles. The number of anilines is 1. The molecule has 1 aromatic rings. The van der Waals surface area contributed by atoms with Crippen molar-refractivity contribution in [1.82, 2.24) is 10.6 Å². The van der Waals surface area contributed by atoms with E-state index in [9.17, 15) is 4.79 Å². The summed E-state index contributed by atoms with van der Waals surface area (Å²) in [6, 6.07) is 7.83. The van der Waals surface area contributed by atoms with Gasteiger partial charge in [0.25, 0.3) is 0 Å². The quantitative estimate of drug-likeness (QED) is 0.474. The number of carbonyl (C=O) groups is 1. The lowest BCUT2D eigenvalue weighted by molar-refractivity contribution is -0.116. The Bertz CT molecular complexity index is 516. The van der Waals surface area contributed by atoms with Crippen molar-refractivity contribution in [3.8, 4) is 0 Å². The van der Waals surface area contributed by atoms with E-state index in [0.717, 1.165) is 17.8 Å². The minimum Gasteiger partial charge on any atom is -0.395 e. The lowest BCUT2D eigenvalue weighted by atomic mass is 9.91. The molecule has 0 bridgehead atoms. The monoisotopic (exact) mass is 290 g/mol. The van der Waals surface area contributed by atoms with Gasteiger partial charge < -0.3 is 21.1 Å². The van der Waals surface area contributed by atoms with Crippen molar-refractivity contribution in [2.75, 3.05) is 31.6 Å². The average molecular weight is 290 g/mol. The SMILES string of the molecule is CCNC(=NCC1CC(=O)Nc2ccccc21)NCCO. The van der Waals surface area contributed by atoms with Gasteiger partial charge in [0.2, 0.25) is 5.91 Å². The van der Waals surface area contributed by atoms with Crippen LogP contribution in [0.15, 0.2) is 29.3 Å². The van der Waals surface area contributed by atoms with E-state index < -0.39 is 0 Å². The zero-order valence-corrected chi connectivity index (χ0v) is 12.2. The summed E-state index contributed by atoms with van der Waals surface area (Å²) < 4.78 is 0. The largest absolute Gasteiger partial charge is 0.395 e. The van der Waals surface area contributed by atoms with Crippen LogP contribution in [0.5, 0.6) is 0 Å². The van der Waals surface area contributed by atoms with E-state index in [-0.39, 0.29) is 18.4 Å². The van der Waals surface area contributed by atoms with E-state index in [1.54, 1.807) is 0 Å². The maximum atomic E-state index is 11.8. The number of hydrogen-bond donors (Lipinski definition) is 4. The lowest BCUT2D eigenvalue weighted by Gasteiger charge is -2.24. The van der Waals surface area contributed by atoms with Gasteiger partial charge in [-0.25, -0.2) is 0 Å². The van der Waals surface area contributed by atoms with Gasteiger partial charge >= 0.3 is 0 Å². The Hall–Kier alpha value is -2.08. The number of aliphatic imine (C=N–C) groups is 1. The summed E-state index contributed by atoms with van der Waals surface area (Å²) in [5, 5.41) is 17.9. The van der Waals surface area contributed by atoms with Gasteiger partial charge in [-0.15, -0.1) is 0 Å². The molecule has 0 saturated heterocycles. The second kappa shape index (κ2) is 7.64. The topological polar surface area (TPSA) is 85.8 Å². The molecule has 114 valence electrons. The summed E-state index contributed by atoms with van der Waals surface area (Å²) in [4.78, 5) is 16.3. The fourth-order valence-electron chi connectivity index (χ4n) is 2.38. The zero-order valence-electron chi connectivity index (χ0n) is 12.2. The number of fused-ring (bicyclic) bond motifs is 1. The maximum absolute atomic E-state index is 11.8. The van der Waals surface area contributed by atoms with Crippen LogP contribution in [0, 0.1) is 0 Å². The van der Waals surface area contributed by atoms with Crippen LogP contribution >= 0.6 is 0 Å². The van der Waals surface area contributed by atoms with Gasteiger partial charge in [0.15, 0.2) is 5.96 Å². The number of nitrogens with zero attached hydrogens (tertiary/aromatic N) is 1. The normalized spacial score (nSPS) is 17.9. The molecule has 6 heteroatoms. The molecular formula is C15H22N4O2. The summed E-state index contributed by atoms with van der Waals surface area (Å²) in [6.07, 6.45) is 0.444. The predicted molar refractivity (Wildman–Crippen MR) is 83.5 cm³/mol. The predicted octanol–water partition coefficient (Wildman–Crippen LogP) is 0.660. The molecule has 0 saturated carbocycles. The Labute approximate surface area is 124 Å². The van der Waals surface area contributed by atoms with Crippen LogP contribution in [-0.2, 0) is 4.79 Å². The number of benzene rings is 1. The molecule has 0 aromatic heterocycles. The summed E-state index contributed by atoms with van der Waals surface area (Å²) in [6.45, 7) is 3.77. The van der Waals surface area contributed by atoms with Crippen molar-refractivity contribution in [2.24, 2.45) is 4.99 Å². The van der Waals surface area contributed by atoms with E-state index in [1.807, 2.05) is 31.2 Å². The van der Waals surface area contributed by atoms with Crippen molar-refractivity contribution in [3.05, 3.63) is 29.8 Å². The highest BCUT2D eigenvalue weighted by Gasteiger charge is 2.24. The Balaban J connectivity index is 2.09. The Kier molecular flexibility index (Phi) is 5.57. The van der Waals surface area contributed by atoms with Gasteiger partial charge in [-0.2, -0.15) is 0 Å². The number of nitrogens with one attached hydrogen (secondary N) is 3. The Morgan fingerprint density at radius 3 is 3.00 bits per heavy atom. The number of aliphatic hydroxyl groups is 1. The van der Waals surface area contributed by atoms with Gasteiger partial charge in [0, 0.05) is 31.1 Å².